The summed E-state index contributed by atoms with van der Waals surface area (Å²) in [6.45, 7) is 1.91. The molecule has 3 rings (SSSR count). The third-order valence-electron chi connectivity index (χ3n) is 4.55. The predicted octanol–water partition coefficient (Wildman–Crippen LogP) is 2.24. The molecule has 0 aromatic heterocycles. The molecule has 2 aliphatic rings. The van der Waals surface area contributed by atoms with Gasteiger partial charge in [-0.25, -0.2) is 0 Å². The molecule has 114 valence electrons. The summed E-state index contributed by atoms with van der Waals surface area (Å²) in [6.07, 6.45) is 6.15. The maximum Gasteiger partial charge on any atom is 0.224 e. The van der Waals surface area contributed by atoms with E-state index in [1.807, 2.05) is 6.07 Å². The van der Waals surface area contributed by atoms with Gasteiger partial charge in [-0.15, -0.1) is 0 Å². The highest BCUT2D eigenvalue weighted by Crippen LogP contribution is 2.29. The van der Waals surface area contributed by atoms with Gasteiger partial charge in [0.2, 0.25) is 5.91 Å². The van der Waals surface area contributed by atoms with Crippen LogP contribution in [-0.2, 0) is 17.8 Å². The molecule has 1 heterocycles. The van der Waals surface area contributed by atoms with Gasteiger partial charge in [0.15, 0.2) is 0 Å². The molecule has 0 radical (unpaired) electrons. The maximum absolute atomic E-state index is 12.4. The molecule has 1 aromatic carbocycles. The summed E-state index contributed by atoms with van der Waals surface area (Å²) in [5, 5.41) is 0. The predicted molar refractivity (Wildman–Crippen MR) is 82.1 cm³/mol. The normalized spacial score (nSPS) is 17.6. The van der Waals surface area contributed by atoms with Gasteiger partial charge in [-0.3, -0.25) is 4.79 Å². The lowest BCUT2D eigenvalue weighted by atomic mass is 10.1. The number of benzene rings is 1. The van der Waals surface area contributed by atoms with Gasteiger partial charge in [0.1, 0.15) is 5.75 Å². The van der Waals surface area contributed by atoms with E-state index in [9.17, 15) is 4.79 Å². The average Bonchev–Trinajstić information content (AvgIpc) is 3.15. The molecular formula is C17H24N2O2. The summed E-state index contributed by atoms with van der Waals surface area (Å²) in [5.41, 5.74) is 8.04. The SMILES string of the molecule is NCCC(=O)N(Cc1ccc2c(c1)CCO2)C1CCCC1. The number of amides is 1. The lowest BCUT2D eigenvalue weighted by Crippen LogP contribution is -2.39. The van der Waals surface area contributed by atoms with E-state index in [0.29, 0.717) is 25.6 Å². The number of rotatable bonds is 5. The summed E-state index contributed by atoms with van der Waals surface area (Å²) in [6, 6.07) is 6.72. The topological polar surface area (TPSA) is 55.6 Å². The molecule has 1 amide bonds. The van der Waals surface area contributed by atoms with Crippen molar-refractivity contribution in [2.75, 3.05) is 13.2 Å². The molecule has 0 atom stereocenters. The molecule has 1 aromatic rings. The first kappa shape index (κ1) is 14.4. The summed E-state index contributed by atoms with van der Waals surface area (Å²) in [5.74, 6) is 1.19. The van der Waals surface area contributed by atoms with Crippen molar-refractivity contribution >= 4 is 5.91 Å². The standard InChI is InChI=1S/C17H24N2O2/c18-9-7-17(20)19(15-3-1-2-4-15)12-13-5-6-16-14(11-13)8-10-21-16/h5-6,11,15H,1-4,7-10,12,18H2. The monoisotopic (exact) mass is 288 g/mol. The van der Waals surface area contributed by atoms with E-state index in [0.717, 1.165) is 31.6 Å². The second-order valence-electron chi connectivity index (χ2n) is 6.04. The van der Waals surface area contributed by atoms with Gasteiger partial charge in [-0.05, 0) is 30.0 Å². The Morgan fingerprint density at radius 1 is 1.33 bits per heavy atom. The fourth-order valence-electron chi connectivity index (χ4n) is 3.44. The van der Waals surface area contributed by atoms with Crippen LogP contribution in [0.5, 0.6) is 5.75 Å². The van der Waals surface area contributed by atoms with E-state index >= 15 is 0 Å². The van der Waals surface area contributed by atoms with Crippen LogP contribution >= 0.6 is 0 Å². The zero-order valence-corrected chi connectivity index (χ0v) is 12.5. The fraction of sp³-hybridized carbons (Fsp3) is 0.588. The van der Waals surface area contributed by atoms with Crippen LogP contribution in [0.4, 0.5) is 0 Å². The fourth-order valence-corrected chi connectivity index (χ4v) is 3.44. The third-order valence-corrected chi connectivity index (χ3v) is 4.55. The summed E-state index contributed by atoms with van der Waals surface area (Å²) in [4.78, 5) is 14.4. The van der Waals surface area contributed by atoms with Gasteiger partial charge in [-0.1, -0.05) is 25.0 Å². The summed E-state index contributed by atoms with van der Waals surface area (Å²) >= 11 is 0. The van der Waals surface area contributed by atoms with Crippen molar-refractivity contribution < 1.29 is 9.53 Å². The van der Waals surface area contributed by atoms with Gasteiger partial charge in [0.25, 0.3) is 0 Å². The van der Waals surface area contributed by atoms with Gasteiger partial charge in [-0.2, -0.15) is 0 Å². The zero-order chi connectivity index (χ0) is 14.7. The van der Waals surface area contributed by atoms with Gasteiger partial charge >= 0.3 is 0 Å². The number of ether oxygens (including phenoxy) is 1. The molecular weight excluding hydrogens is 264 g/mol. The van der Waals surface area contributed by atoms with Gasteiger partial charge in [0, 0.05) is 32.0 Å². The van der Waals surface area contributed by atoms with Crippen molar-refractivity contribution in [3.63, 3.8) is 0 Å². The van der Waals surface area contributed by atoms with Gasteiger partial charge < -0.3 is 15.4 Å². The van der Waals surface area contributed by atoms with Crippen LogP contribution in [0.2, 0.25) is 0 Å². The molecule has 4 heteroatoms. The number of hydrogen-bond donors (Lipinski definition) is 1. The second kappa shape index (κ2) is 6.48. The van der Waals surface area contributed by atoms with Crippen LogP contribution in [-0.4, -0.2) is 30.0 Å². The molecule has 1 fully saturated rings. The highest BCUT2D eigenvalue weighted by molar-refractivity contribution is 5.76. The molecule has 4 nitrogen and oxygen atoms in total. The van der Waals surface area contributed by atoms with E-state index < -0.39 is 0 Å². The number of nitrogens with two attached hydrogens (primary N) is 1. The lowest BCUT2D eigenvalue weighted by molar-refractivity contribution is -0.133. The Labute approximate surface area is 126 Å². The molecule has 1 aliphatic carbocycles. The minimum absolute atomic E-state index is 0.196. The molecule has 0 spiro atoms. The molecule has 1 aliphatic heterocycles. The van der Waals surface area contributed by atoms with Crippen molar-refractivity contribution in [1.82, 2.24) is 4.90 Å². The largest absolute Gasteiger partial charge is 0.493 e. The van der Waals surface area contributed by atoms with Gasteiger partial charge in [0.05, 0.1) is 6.61 Å². The number of nitrogens with zero attached hydrogens (tertiary/aromatic N) is 1. The molecule has 1 saturated carbocycles. The summed E-state index contributed by atoms with van der Waals surface area (Å²) in [7, 11) is 0. The van der Waals surface area contributed by atoms with Crippen molar-refractivity contribution in [3.05, 3.63) is 29.3 Å². The molecule has 0 saturated heterocycles. The van der Waals surface area contributed by atoms with Crippen molar-refractivity contribution in [2.24, 2.45) is 5.73 Å². The van der Waals surface area contributed by atoms with E-state index in [-0.39, 0.29) is 5.91 Å². The first-order valence-electron chi connectivity index (χ1n) is 8.02. The second-order valence-corrected chi connectivity index (χ2v) is 6.04. The minimum Gasteiger partial charge on any atom is -0.493 e. The third kappa shape index (κ3) is 3.21. The average molecular weight is 288 g/mol. The van der Waals surface area contributed by atoms with Crippen LogP contribution in [0.15, 0.2) is 18.2 Å². The number of carbonyl (C=O) groups is 1. The quantitative estimate of drug-likeness (QED) is 0.904. The Morgan fingerprint density at radius 3 is 2.90 bits per heavy atom. The van der Waals surface area contributed by atoms with E-state index in [2.05, 4.69) is 17.0 Å². The summed E-state index contributed by atoms with van der Waals surface area (Å²) < 4.78 is 5.55. The number of hydrogen-bond acceptors (Lipinski definition) is 3. The van der Waals surface area contributed by atoms with Crippen molar-refractivity contribution in [1.29, 1.82) is 0 Å². The van der Waals surface area contributed by atoms with E-state index in [4.69, 9.17) is 10.5 Å². The number of fused-ring (bicyclic) bond motifs is 1. The molecule has 21 heavy (non-hydrogen) atoms. The Kier molecular flexibility index (Phi) is 4.44. The highest BCUT2D eigenvalue weighted by Gasteiger charge is 2.26. The van der Waals surface area contributed by atoms with Crippen LogP contribution < -0.4 is 10.5 Å². The zero-order valence-electron chi connectivity index (χ0n) is 12.5. The van der Waals surface area contributed by atoms with Crippen molar-refractivity contribution in [2.45, 2.75) is 51.1 Å². The smallest absolute Gasteiger partial charge is 0.224 e. The minimum atomic E-state index is 0.196. The Balaban J connectivity index is 1.75. The van der Waals surface area contributed by atoms with Crippen LogP contribution in [0.25, 0.3) is 0 Å². The molecule has 0 unspecified atom stereocenters. The molecule has 2 N–H and O–H groups in total. The Hall–Kier alpha value is -1.55. The van der Waals surface area contributed by atoms with Crippen molar-refractivity contribution in [3.8, 4) is 5.75 Å². The lowest BCUT2D eigenvalue weighted by Gasteiger charge is -2.29. The Morgan fingerprint density at radius 2 is 2.14 bits per heavy atom. The first-order valence-corrected chi connectivity index (χ1v) is 8.02. The Bertz CT molecular complexity index is 510. The van der Waals surface area contributed by atoms with E-state index in [1.54, 1.807) is 0 Å². The van der Waals surface area contributed by atoms with Crippen LogP contribution in [0, 0.1) is 0 Å². The number of carbonyl (C=O) groups excluding carboxylic acids is 1. The molecule has 0 bridgehead atoms. The highest BCUT2D eigenvalue weighted by atomic mass is 16.5. The van der Waals surface area contributed by atoms with E-state index in [1.165, 1.54) is 24.0 Å². The maximum atomic E-state index is 12.4. The first-order chi connectivity index (χ1) is 10.3. The van der Waals surface area contributed by atoms with Crippen LogP contribution in [0.3, 0.4) is 0 Å². The van der Waals surface area contributed by atoms with Crippen LogP contribution in [0.1, 0.15) is 43.2 Å².